The van der Waals surface area contributed by atoms with Crippen LogP contribution in [0.2, 0.25) is 0 Å². The normalized spacial score (nSPS) is 16.4. The van der Waals surface area contributed by atoms with Gasteiger partial charge in [0.25, 0.3) is 11.8 Å². The molecule has 38 heavy (non-hydrogen) atoms. The number of aryl methyl sites for hydroxylation is 1. The summed E-state index contributed by atoms with van der Waals surface area (Å²) in [6, 6.07) is 6.45. The van der Waals surface area contributed by atoms with Crippen molar-refractivity contribution in [2.24, 2.45) is 5.41 Å². The summed E-state index contributed by atoms with van der Waals surface area (Å²) in [6.45, 7) is 15.3. The van der Waals surface area contributed by atoms with E-state index in [2.05, 4.69) is 59.0 Å². The van der Waals surface area contributed by atoms with Crippen molar-refractivity contribution in [1.29, 1.82) is 0 Å². The molecular weight excluding hydrogens is 480 g/mol. The minimum atomic E-state index is -0.448. The van der Waals surface area contributed by atoms with Crippen molar-refractivity contribution in [1.82, 2.24) is 25.2 Å². The maximum atomic E-state index is 11.9. The maximum absolute atomic E-state index is 11.9. The fourth-order valence-corrected chi connectivity index (χ4v) is 5.44. The highest BCUT2D eigenvalue weighted by atomic mass is 16.6. The predicted molar refractivity (Wildman–Crippen MR) is 146 cm³/mol. The van der Waals surface area contributed by atoms with Crippen molar-refractivity contribution in [3.8, 4) is 11.6 Å². The van der Waals surface area contributed by atoms with Gasteiger partial charge in [0.15, 0.2) is 5.69 Å². The van der Waals surface area contributed by atoms with Crippen LogP contribution in [-0.4, -0.2) is 44.6 Å². The summed E-state index contributed by atoms with van der Waals surface area (Å²) in [5.41, 5.74) is 6.78. The lowest BCUT2D eigenvalue weighted by Gasteiger charge is -2.30. The van der Waals surface area contributed by atoms with E-state index in [1.54, 1.807) is 0 Å². The fraction of sp³-hybridized carbons (Fsp3) is 0.586. The molecule has 3 heterocycles. The second kappa shape index (κ2) is 10.2. The van der Waals surface area contributed by atoms with Crippen LogP contribution in [0.25, 0.3) is 11.6 Å². The summed E-state index contributed by atoms with van der Waals surface area (Å²) in [6.07, 6.45) is 4.40. The molecular formula is C29H40N6O3. The van der Waals surface area contributed by atoms with Gasteiger partial charge < -0.3 is 19.5 Å². The first kappa shape index (κ1) is 26.4. The average Bonchev–Trinajstić information content (AvgIpc) is 3.56. The largest absolute Gasteiger partial charge is 0.460 e. The zero-order valence-electron chi connectivity index (χ0n) is 23.6. The molecule has 5 rings (SSSR count). The van der Waals surface area contributed by atoms with E-state index < -0.39 is 5.60 Å². The summed E-state index contributed by atoms with van der Waals surface area (Å²) in [7, 11) is 0. The first-order valence-corrected chi connectivity index (χ1v) is 13.8. The average molecular weight is 521 g/mol. The highest BCUT2D eigenvalue weighted by molar-refractivity contribution is 5.70. The van der Waals surface area contributed by atoms with Gasteiger partial charge in [-0.15, -0.1) is 0 Å². The number of benzene rings is 1. The first-order chi connectivity index (χ1) is 18.0. The van der Waals surface area contributed by atoms with Crippen molar-refractivity contribution < 1.29 is 14.1 Å². The van der Waals surface area contributed by atoms with Crippen molar-refractivity contribution in [3.05, 3.63) is 40.6 Å². The smallest absolute Gasteiger partial charge is 0.307 e. The Labute approximate surface area is 224 Å². The van der Waals surface area contributed by atoms with Crippen LogP contribution in [0.5, 0.6) is 0 Å². The molecule has 0 saturated carbocycles. The van der Waals surface area contributed by atoms with Crippen LogP contribution in [0.15, 0.2) is 22.7 Å². The third kappa shape index (κ3) is 5.62. The maximum Gasteiger partial charge on any atom is 0.307 e. The monoisotopic (exact) mass is 520 g/mol. The Bertz CT molecular complexity index is 1320. The number of anilines is 2. The van der Waals surface area contributed by atoms with Gasteiger partial charge in [-0.05, 0) is 81.1 Å². The molecule has 0 unspecified atom stereocenters. The molecule has 0 saturated heterocycles. The molecule has 9 nitrogen and oxygen atoms in total. The van der Waals surface area contributed by atoms with Crippen LogP contribution >= 0.6 is 0 Å². The zero-order chi connectivity index (χ0) is 27.1. The third-order valence-electron chi connectivity index (χ3n) is 7.32. The molecule has 2 aliphatic rings. The predicted octanol–water partition coefficient (Wildman–Crippen LogP) is 4.98. The number of aromatic nitrogens is 4. The number of carbonyl (C=O) groups excluding carboxylic acids is 1. The van der Waals surface area contributed by atoms with E-state index >= 15 is 0 Å². The van der Waals surface area contributed by atoms with Crippen LogP contribution in [0.4, 0.5) is 11.6 Å². The number of fused-ring (bicyclic) bond motifs is 2. The topological polar surface area (TPSA) is 98.3 Å². The minimum Gasteiger partial charge on any atom is -0.460 e. The Morgan fingerprint density at radius 2 is 2.05 bits per heavy atom. The molecule has 0 radical (unpaired) electrons. The number of esters is 1. The molecule has 0 atom stereocenters. The van der Waals surface area contributed by atoms with Crippen LogP contribution < -0.4 is 10.2 Å². The SMILES string of the molecule is CCn1nc(-c2nc(N3CCc4cc(CNCCC(=O)OC(C)(C)C)ccc43)no2)c2c1CC(C)(C)CC2. The van der Waals surface area contributed by atoms with Crippen molar-refractivity contribution >= 4 is 17.6 Å². The molecule has 0 bridgehead atoms. The highest BCUT2D eigenvalue weighted by Crippen LogP contribution is 2.40. The Morgan fingerprint density at radius 3 is 2.82 bits per heavy atom. The lowest BCUT2D eigenvalue weighted by molar-refractivity contribution is -0.154. The van der Waals surface area contributed by atoms with Crippen molar-refractivity contribution in [2.75, 3.05) is 18.0 Å². The summed E-state index contributed by atoms with van der Waals surface area (Å²) >= 11 is 0. The summed E-state index contributed by atoms with van der Waals surface area (Å²) in [5.74, 6) is 0.903. The van der Waals surface area contributed by atoms with Crippen LogP contribution in [0, 0.1) is 5.41 Å². The molecule has 0 amide bonds. The van der Waals surface area contributed by atoms with Gasteiger partial charge in [-0.3, -0.25) is 9.48 Å². The molecule has 0 spiro atoms. The molecule has 9 heteroatoms. The van der Waals surface area contributed by atoms with E-state index in [4.69, 9.17) is 19.3 Å². The van der Waals surface area contributed by atoms with E-state index in [-0.39, 0.29) is 11.4 Å². The first-order valence-electron chi connectivity index (χ1n) is 13.8. The second-order valence-electron chi connectivity index (χ2n) is 12.2. The van der Waals surface area contributed by atoms with Gasteiger partial charge in [-0.25, -0.2) is 0 Å². The minimum absolute atomic E-state index is 0.181. The Balaban J connectivity index is 1.25. The van der Waals surface area contributed by atoms with Gasteiger partial charge in [0, 0.05) is 43.1 Å². The highest BCUT2D eigenvalue weighted by Gasteiger charge is 2.33. The summed E-state index contributed by atoms with van der Waals surface area (Å²) in [4.78, 5) is 18.8. The quantitative estimate of drug-likeness (QED) is 0.328. The summed E-state index contributed by atoms with van der Waals surface area (Å²) < 4.78 is 13.2. The van der Waals surface area contributed by atoms with E-state index in [1.165, 1.54) is 22.4 Å². The number of rotatable bonds is 8. The molecule has 204 valence electrons. The summed E-state index contributed by atoms with van der Waals surface area (Å²) in [5, 5.41) is 12.6. The van der Waals surface area contributed by atoms with E-state index in [1.807, 2.05) is 20.8 Å². The van der Waals surface area contributed by atoms with Gasteiger partial charge >= 0.3 is 5.97 Å². The van der Waals surface area contributed by atoms with Gasteiger partial charge in [0.1, 0.15) is 5.60 Å². The number of nitrogens with one attached hydrogen (secondary N) is 1. The number of hydrogen-bond acceptors (Lipinski definition) is 8. The Kier molecular flexibility index (Phi) is 7.07. The van der Waals surface area contributed by atoms with Gasteiger partial charge in [0.2, 0.25) is 0 Å². The van der Waals surface area contributed by atoms with Gasteiger partial charge in [-0.1, -0.05) is 26.0 Å². The molecule has 1 aliphatic heterocycles. The molecule has 1 aromatic carbocycles. The molecule has 1 aliphatic carbocycles. The molecule has 2 aromatic heterocycles. The molecule has 1 N–H and O–H groups in total. The van der Waals surface area contributed by atoms with Gasteiger partial charge in [0.05, 0.1) is 6.42 Å². The van der Waals surface area contributed by atoms with E-state index in [9.17, 15) is 4.79 Å². The number of ether oxygens (including phenoxy) is 1. The lowest BCUT2D eigenvalue weighted by atomic mass is 9.76. The van der Waals surface area contributed by atoms with E-state index in [0.29, 0.717) is 31.3 Å². The third-order valence-corrected chi connectivity index (χ3v) is 7.32. The number of carbonyl (C=O) groups is 1. The number of hydrogen-bond donors (Lipinski definition) is 1. The zero-order valence-corrected chi connectivity index (χ0v) is 23.6. The Morgan fingerprint density at radius 1 is 1.24 bits per heavy atom. The standard InChI is InChI=1S/C29H40N6O3/c1-7-35-23-17-29(5,6)13-10-21(23)25(32-35)26-31-27(33-38-26)34-15-12-20-16-19(8-9-22(20)34)18-30-14-11-24(36)37-28(2,3)4/h8-9,16,30H,7,10-15,17-18H2,1-6H3. The lowest BCUT2D eigenvalue weighted by Crippen LogP contribution is -2.26. The fourth-order valence-electron chi connectivity index (χ4n) is 5.44. The molecule has 0 fully saturated rings. The van der Waals surface area contributed by atoms with Crippen molar-refractivity contribution in [2.45, 2.75) is 92.3 Å². The van der Waals surface area contributed by atoms with Crippen LogP contribution in [-0.2, 0) is 41.9 Å². The second-order valence-corrected chi connectivity index (χ2v) is 12.2. The Hall–Kier alpha value is -3.20. The number of nitrogens with zero attached hydrogens (tertiary/aromatic N) is 5. The van der Waals surface area contributed by atoms with Crippen LogP contribution in [0.1, 0.15) is 76.8 Å². The van der Waals surface area contributed by atoms with Gasteiger partial charge in [-0.2, -0.15) is 10.1 Å². The van der Waals surface area contributed by atoms with E-state index in [0.717, 1.165) is 50.2 Å². The van der Waals surface area contributed by atoms with Crippen molar-refractivity contribution in [3.63, 3.8) is 0 Å². The van der Waals surface area contributed by atoms with Crippen LogP contribution in [0.3, 0.4) is 0 Å². The molecule has 3 aromatic rings.